The van der Waals surface area contributed by atoms with Crippen LogP contribution in [0.2, 0.25) is 5.02 Å². The summed E-state index contributed by atoms with van der Waals surface area (Å²) in [5.74, 6) is 0.108. The number of benzene rings is 1. The maximum Gasteiger partial charge on any atom is 0.263 e. The monoisotopic (exact) mass is 376 g/mol. The number of hydrogen-bond acceptors (Lipinski definition) is 4. The molecule has 0 unspecified atom stereocenters. The van der Waals surface area contributed by atoms with Gasteiger partial charge < -0.3 is 14.5 Å². The topological polar surface area (TPSA) is 67.7 Å². The van der Waals surface area contributed by atoms with Crippen LogP contribution in [-0.2, 0) is 9.59 Å². The molecule has 2 heterocycles. The Kier molecular flexibility index (Phi) is 5.46. The lowest BCUT2D eigenvalue weighted by atomic mass is 10.2. The van der Waals surface area contributed by atoms with Gasteiger partial charge in [0.05, 0.1) is 11.9 Å². The van der Waals surface area contributed by atoms with Gasteiger partial charge in [0.1, 0.15) is 5.02 Å². The molecule has 0 bridgehead atoms. The zero-order valence-electron chi connectivity index (χ0n) is 14.8. The highest BCUT2D eigenvalue weighted by Crippen LogP contribution is 2.25. The van der Waals surface area contributed by atoms with E-state index in [9.17, 15) is 9.59 Å². The Morgan fingerprint density at radius 2 is 1.73 bits per heavy atom. The predicted octanol–water partition coefficient (Wildman–Crippen LogP) is 1.98. The van der Waals surface area contributed by atoms with Crippen LogP contribution >= 0.6 is 11.6 Å². The summed E-state index contributed by atoms with van der Waals surface area (Å²) < 4.78 is 7.31. The van der Waals surface area contributed by atoms with Crippen molar-refractivity contribution in [2.75, 3.05) is 26.2 Å². The average Bonchev–Trinajstić information content (AvgIpc) is 3.02. The van der Waals surface area contributed by atoms with Crippen LogP contribution in [0.25, 0.3) is 5.69 Å². The van der Waals surface area contributed by atoms with E-state index in [1.54, 1.807) is 27.6 Å². The third kappa shape index (κ3) is 3.99. The molecule has 26 heavy (non-hydrogen) atoms. The summed E-state index contributed by atoms with van der Waals surface area (Å²) in [7, 11) is 0. The Balaban J connectivity index is 1.63. The smallest absolute Gasteiger partial charge is 0.263 e. The van der Waals surface area contributed by atoms with Gasteiger partial charge in [0, 0.05) is 33.1 Å². The predicted molar refractivity (Wildman–Crippen MR) is 97.5 cm³/mol. The van der Waals surface area contributed by atoms with Gasteiger partial charge in [-0.3, -0.25) is 9.59 Å². The molecule has 1 aromatic heterocycles. The van der Waals surface area contributed by atoms with Crippen LogP contribution in [0.3, 0.4) is 0 Å². The Morgan fingerprint density at radius 1 is 1.12 bits per heavy atom. The fourth-order valence-electron chi connectivity index (χ4n) is 2.85. The maximum absolute atomic E-state index is 12.6. The van der Waals surface area contributed by atoms with Gasteiger partial charge in [-0.05, 0) is 19.1 Å². The van der Waals surface area contributed by atoms with E-state index in [1.807, 2.05) is 30.3 Å². The number of hydrogen-bond donors (Lipinski definition) is 0. The van der Waals surface area contributed by atoms with Crippen molar-refractivity contribution in [1.29, 1.82) is 0 Å². The molecular weight excluding hydrogens is 356 g/mol. The van der Waals surface area contributed by atoms with Gasteiger partial charge in [-0.15, -0.1) is 5.10 Å². The molecule has 0 radical (unpaired) electrons. The van der Waals surface area contributed by atoms with Crippen molar-refractivity contribution in [3.8, 4) is 11.6 Å². The minimum absolute atomic E-state index is 0.0274. The summed E-state index contributed by atoms with van der Waals surface area (Å²) in [4.78, 5) is 27.4. The van der Waals surface area contributed by atoms with Gasteiger partial charge in [0.2, 0.25) is 5.91 Å². The zero-order chi connectivity index (χ0) is 18.7. The molecule has 1 saturated heterocycles. The Morgan fingerprint density at radius 3 is 2.35 bits per heavy atom. The number of carbonyl (C=O) groups excluding carboxylic acids is 2. The number of rotatable bonds is 4. The van der Waals surface area contributed by atoms with E-state index in [4.69, 9.17) is 16.3 Å². The van der Waals surface area contributed by atoms with E-state index in [-0.39, 0.29) is 17.7 Å². The summed E-state index contributed by atoms with van der Waals surface area (Å²) in [6.45, 7) is 5.29. The number of carbonyl (C=O) groups is 2. The SMILES string of the molecule is CC(=O)N1CCN(C(=O)[C@H](C)Oc2nn(-c3ccccc3)cc2Cl)CC1. The number of para-hydroxylation sites is 1. The molecule has 1 aliphatic heterocycles. The molecule has 0 saturated carbocycles. The van der Waals surface area contributed by atoms with Crippen molar-refractivity contribution in [2.24, 2.45) is 0 Å². The highest BCUT2D eigenvalue weighted by Gasteiger charge is 2.27. The Labute approximate surface area is 157 Å². The van der Waals surface area contributed by atoms with Crippen molar-refractivity contribution in [3.63, 3.8) is 0 Å². The van der Waals surface area contributed by atoms with Crippen LogP contribution in [0.15, 0.2) is 36.5 Å². The minimum Gasteiger partial charge on any atom is -0.462 e. The third-order valence-corrected chi connectivity index (χ3v) is 4.59. The maximum atomic E-state index is 12.6. The van der Waals surface area contributed by atoms with Crippen molar-refractivity contribution >= 4 is 23.4 Å². The van der Waals surface area contributed by atoms with Crippen LogP contribution in [-0.4, -0.2) is 63.7 Å². The van der Waals surface area contributed by atoms with Crippen molar-refractivity contribution in [3.05, 3.63) is 41.6 Å². The first-order valence-corrected chi connectivity index (χ1v) is 8.85. The molecule has 3 rings (SSSR count). The molecule has 138 valence electrons. The van der Waals surface area contributed by atoms with Gasteiger partial charge in [-0.25, -0.2) is 4.68 Å². The Hall–Kier alpha value is -2.54. The van der Waals surface area contributed by atoms with Crippen molar-refractivity contribution in [2.45, 2.75) is 20.0 Å². The van der Waals surface area contributed by atoms with Crippen molar-refractivity contribution in [1.82, 2.24) is 19.6 Å². The molecule has 1 fully saturated rings. The molecule has 0 aliphatic carbocycles. The largest absolute Gasteiger partial charge is 0.462 e. The molecule has 0 N–H and O–H groups in total. The molecule has 2 aromatic rings. The van der Waals surface area contributed by atoms with E-state index in [1.165, 1.54) is 6.92 Å². The summed E-state index contributed by atoms with van der Waals surface area (Å²) in [6, 6.07) is 9.52. The van der Waals surface area contributed by atoms with Gasteiger partial charge in [-0.2, -0.15) is 0 Å². The number of piperazine rings is 1. The normalized spacial score (nSPS) is 15.7. The van der Waals surface area contributed by atoms with Crippen LogP contribution in [0.1, 0.15) is 13.8 Å². The molecule has 2 amide bonds. The molecule has 1 aliphatic rings. The van der Waals surface area contributed by atoms with Crippen LogP contribution in [0, 0.1) is 0 Å². The van der Waals surface area contributed by atoms with Gasteiger partial charge in [-0.1, -0.05) is 29.8 Å². The summed E-state index contributed by atoms with van der Waals surface area (Å²) in [5.41, 5.74) is 0.851. The number of aromatic nitrogens is 2. The highest BCUT2D eigenvalue weighted by molar-refractivity contribution is 6.31. The number of ether oxygens (including phenoxy) is 1. The summed E-state index contributed by atoms with van der Waals surface area (Å²) >= 11 is 6.21. The fraction of sp³-hybridized carbons (Fsp3) is 0.389. The standard InChI is InChI=1S/C18H21ClN4O3/c1-13(18(25)22-10-8-21(9-11-22)14(2)24)26-17-16(19)12-23(20-17)15-6-4-3-5-7-15/h3-7,12-13H,8-11H2,1-2H3/t13-/m0/s1. The first-order valence-electron chi connectivity index (χ1n) is 8.47. The van der Waals surface area contributed by atoms with E-state index in [0.29, 0.717) is 31.2 Å². The first kappa shape index (κ1) is 18.3. The fourth-order valence-corrected chi connectivity index (χ4v) is 3.02. The summed E-state index contributed by atoms with van der Waals surface area (Å²) in [6.07, 6.45) is 0.935. The number of amides is 2. The van der Waals surface area contributed by atoms with Crippen LogP contribution in [0.4, 0.5) is 0 Å². The number of nitrogens with zero attached hydrogens (tertiary/aromatic N) is 4. The van der Waals surface area contributed by atoms with Gasteiger partial charge in [0.25, 0.3) is 11.8 Å². The molecule has 0 spiro atoms. The van der Waals surface area contributed by atoms with Gasteiger partial charge >= 0.3 is 0 Å². The molecule has 1 atom stereocenters. The molecule has 1 aromatic carbocycles. The van der Waals surface area contributed by atoms with Crippen LogP contribution in [0.5, 0.6) is 5.88 Å². The minimum atomic E-state index is -0.712. The highest BCUT2D eigenvalue weighted by atomic mass is 35.5. The zero-order valence-corrected chi connectivity index (χ0v) is 15.5. The third-order valence-electron chi connectivity index (χ3n) is 4.33. The van der Waals surface area contributed by atoms with Gasteiger partial charge in [0.15, 0.2) is 6.10 Å². The number of halogens is 1. The van der Waals surface area contributed by atoms with E-state index in [2.05, 4.69) is 5.10 Å². The molecule has 8 heteroatoms. The molecular formula is C18H21ClN4O3. The second-order valence-corrected chi connectivity index (χ2v) is 6.56. The molecule has 7 nitrogen and oxygen atoms in total. The van der Waals surface area contributed by atoms with Crippen LogP contribution < -0.4 is 4.74 Å². The Bertz CT molecular complexity index is 785. The lowest BCUT2D eigenvalue weighted by Gasteiger charge is -2.35. The van der Waals surface area contributed by atoms with E-state index in [0.717, 1.165) is 5.69 Å². The second-order valence-electron chi connectivity index (χ2n) is 6.15. The first-order chi connectivity index (χ1) is 12.5. The summed E-state index contributed by atoms with van der Waals surface area (Å²) in [5, 5.41) is 4.66. The van der Waals surface area contributed by atoms with Crippen molar-refractivity contribution < 1.29 is 14.3 Å². The lowest BCUT2D eigenvalue weighted by molar-refractivity contribution is -0.143. The quantitative estimate of drug-likeness (QED) is 0.818. The van der Waals surface area contributed by atoms with E-state index >= 15 is 0 Å². The second kappa shape index (κ2) is 7.78. The van der Waals surface area contributed by atoms with E-state index < -0.39 is 6.10 Å². The average molecular weight is 377 g/mol. The lowest BCUT2D eigenvalue weighted by Crippen LogP contribution is -2.52.